The molecule has 0 spiro atoms. The number of sulfonamides is 1. The molecular weight excluding hydrogens is 364 g/mol. The molecule has 0 unspecified atom stereocenters. The van der Waals surface area contributed by atoms with Crippen LogP contribution in [0.1, 0.15) is 22.0 Å². The Kier molecular flexibility index (Phi) is 4.70. The van der Waals surface area contributed by atoms with Gasteiger partial charge in [-0.05, 0) is 35.8 Å². The number of hydrogen-bond acceptors (Lipinski definition) is 5. The Labute approximate surface area is 130 Å². The highest BCUT2D eigenvalue weighted by Gasteiger charge is 2.25. The molecule has 0 atom stereocenters. The van der Waals surface area contributed by atoms with E-state index in [9.17, 15) is 8.42 Å². The lowest BCUT2D eigenvalue weighted by Gasteiger charge is -2.06. The molecular formula is C12H15BrN2O3S2. The summed E-state index contributed by atoms with van der Waals surface area (Å²) in [5.41, 5.74) is 6.15. The molecule has 0 aliphatic rings. The van der Waals surface area contributed by atoms with Gasteiger partial charge in [-0.3, -0.25) is 0 Å². The monoisotopic (exact) mass is 378 g/mol. The predicted molar refractivity (Wildman–Crippen MR) is 82.1 cm³/mol. The number of rotatable bonds is 5. The fraction of sp³-hybridized carbons (Fsp3) is 0.333. The zero-order valence-electron chi connectivity index (χ0n) is 11.1. The fourth-order valence-electron chi connectivity index (χ4n) is 1.98. The van der Waals surface area contributed by atoms with E-state index >= 15 is 0 Å². The molecule has 0 bridgehead atoms. The number of nitrogens with one attached hydrogen (secondary N) is 1. The molecule has 5 nitrogen and oxygen atoms in total. The lowest BCUT2D eigenvalue weighted by molar-refractivity contribution is 0.494. The fourth-order valence-corrected chi connectivity index (χ4v) is 4.93. The maximum atomic E-state index is 12.4. The van der Waals surface area contributed by atoms with Gasteiger partial charge in [0.2, 0.25) is 10.0 Å². The van der Waals surface area contributed by atoms with E-state index in [-0.39, 0.29) is 18.0 Å². The maximum Gasteiger partial charge on any atom is 0.244 e. The molecule has 2 aromatic rings. The van der Waals surface area contributed by atoms with Gasteiger partial charge >= 0.3 is 0 Å². The van der Waals surface area contributed by atoms with Crippen molar-refractivity contribution < 1.29 is 12.8 Å². The molecule has 0 radical (unpaired) electrons. The molecule has 0 aliphatic heterocycles. The van der Waals surface area contributed by atoms with E-state index in [2.05, 4.69) is 20.7 Å². The topological polar surface area (TPSA) is 85.3 Å². The van der Waals surface area contributed by atoms with Gasteiger partial charge in [0.05, 0.1) is 0 Å². The molecule has 3 N–H and O–H groups in total. The van der Waals surface area contributed by atoms with Gasteiger partial charge in [-0.25, -0.2) is 13.1 Å². The van der Waals surface area contributed by atoms with Crippen molar-refractivity contribution in [1.29, 1.82) is 0 Å². The third kappa shape index (κ3) is 3.15. The van der Waals surface area contributed by atoms with Crippen LogP contribution in [-0.2, 0) is 23.1 Å². The highest BCUT2D eigenvalue weighted by atomic mass is 79.9. The molecule has 0 fully saturated rings. The molecule has 110 valence electrons. The molecule has 20 heavy (non-hydrogen) atoms. The number of thiophene rings is 1. The second kappa shape index (κ2) is 5.98. The first-order chi connectivity index (χ1) is 9.35. The van der Waals surface area contributed by atoms with Gasteiger partial charge in [0, 0.05) is 33.4 Å². The second-order valence-electron chi connectivity index (χ2n) is 4.28. The van der Waals surface area contributed by atoms with E-state index in [0.717, 1.165) is 9.35 Å². The average Bonchev–Trinajstić information content (AvgIpc) is 2.90. The van der Waals surface area contributed by atoms with Crippen LogP contribution < -0.4 is 10.5 Å². The van der Waals surface area contributed by atoms with Crippen molar-refractivity contribution in [3.05, 3.63) is 37.9 Å². The number of nitrogens with two attached hydrogens (primary N) is 1. The van der Waals surface area contributed by atoms with Crippen molar-refractivity contribution in [2.45, 2.75) is 31.8 Å². The van der Waals surface area contributed by atoms with Crippen LogP contribution in [0, 0.1) is 13.8 Å². The van der Waals surface area contributed by atoms with Crippen molar-refractivity contribution in [2.24, 2.45) is 5.73 Å². The van der Waals surface area contributed by atoms with E-state index in [4.69, 9.17) is 10.2 Å². The summed E-state index contributed by atoms with van der Waals surface area (Å²) in [6.07, 6.45) is 0. The van der Waals surface area contributed by atoms with Crippen LogP contribution in [0.2, 0.25) is 0 Å². The summed E-state index contributed by atoms with van der Waals surface area (Å²) in [5.74, 6) is 0.909. The summed E-state index contributed by atoms with van der Waals surface area (Å²) in [6.45, 7) is 3.71. The first-order valence-corrected chi connectivity index (χ1v) is 9.02. The molecule has 0 saturated heterocycles. The first kappa shape index (κ1) is 15.7. The molecule has 2 rings (SSSR count). The van der Waals surface area contributed by atoms with Crippen LogP contribution in [0.3, 0.4) is 0 Å². The van der Waals surface area contributed by atoms with Gasteiger partial charge in [0.25, 0.3) is 0 Å². The Morgan fingerprint density at radius 3 is 2.65 bits per heavy atom. The number of aryl methyl sites for hydroxylation is 2. The quantitative estimate of drug-likeness (QED) is 0.837. The summed E-state index contributed by atoms with van der Waals surface area (Å²) in [7, 11) is -3.63. The zero-order chi connectivity index (χ0) is 14.9. The summed E-state index contributed by atoms with van der Waals surface area (Å²) < 4.78 is 33.7. The minimum atomic E-state index is -3.63. The Hall–Kier alpha value is -0.670. The van der Waals surface area contributed by atoms with E-state index in [1.165, 1.54) is 11.3 Å². The third-order valence-electron chi connectivity index (χ3n) is 2.86. The van der Waals surface area contributed by atoms with E-state index < -0.39 is 10.0 Å². The van der Waals surface area contributed by atoms with Gasteiger partial charge in [-0.1, -0.05) is 0 Å². The normalized spacial score (nSPS) is 12.0. The van der Waals surface area contributed by atoms with Crippen molar-refractivity contribution >= 4 is 37.3 Å². The molecule has 0 aliphatic carbocycles. The van der Waals surface area contributed by atoms with Crippen LogP contribution in [0.25, 0.3) is 0 Å². The van der Waals surface area contributed by atoms with Crippen molar-refractivity contribution in [2.75, 3.05) is 0 Å². The number of furan rings is 1. The van der Waals surface area contributed by atoms with Gasteiger partial charge in [-0.15, -0.1) is 11.3 Å². The minimum absolute atomic E-state index is 0.129. The SMILES string of the molecule is Cc1oc(C)c(S(=O)(=O)NCc2cc(Br)cs2)c1CN. The van der Waals surface area contributed by atoms with E-state index in [1.54, 1.807) is 13.8 Å². The minimum Gasteiger partial charge on any atom is -0.465 e. The average molecular weight is 379 g/mol. The van der Waals surface area contributed by atoms with Gasteiger partial charge < -0.3 is 10.2 Å². The van der Waals surface area contributed by atoms with Crippen molar-refractivity contribution in [3.63, 3.8) is 0 Å². The van der Waals surface area contributed by atoms with Crippen LogP contribution in [0.5, 0.6) is 0 Å². The number of halogens is 1. The Balaban J connectivity index is 2.27. The third-order valence-corrected chi connectivity index (χ3v) is 6.15. The summed E-state index contributed by atoms with van der Waals surface area (Å²) in [4.78, 5) is 1.08. The predicted octanol–water partition coefficient (Wildman–Crippen LogP) is 2.66. The lowest BCUT2D eigenvalue weighted by atomic mass is 10.2. The lowest BCUT2D eigenvalue weighted by Crippen LogP contribution is -2.24. The van der Waals surface area contributed by atoms with Crippen molar-refractivity contribution in [3.8, 4) is 0 Å². The molecule has 8 heteroatoms. The molecule has 2 aromatic heterocycles. The zero-order valence-corrected chi connectivity index (χ0v) is 14.3. The maximum absolute atomic E-state index is 12.4. The number of hydrogen-bond donors (Lipinski definition) is 2. The highest BCUT2D eigenvalue weighted by Crippen LogP contribution is 2.26. The summed E-state index contributed by atoms with van der Waals surface area (Å²) >= 11 is 4.82. The molecule has 2 heterocycles. The van der Waals surface area contributed by atoms with Crippen LogP contribution in [0.4, 0.5) is 0 Å². The highest BCUT2D eigenvalue weighted by molar-refractivity contribution is 9.10. The van der Waals surface area contributed by atoms with Crippen LogP contribution in [0.15, 0.2) is 25.2 Å². The van der Waals surface area contributed by atoms with Crippen LogP contribution >= 0.6 is 27.3 Å². The first-order valence-electron chi connectivity index (χ1n) is 5.86. The molecule has 0 saturated carbocycles. The standard InChI is InChI=1S/C12H15BrN2O3S2/c1-7-11(4-14)12(8(2)18-7)20(16,17)15-5-10-3-9(13)6-19-10/h3,6,15H,4-5,14H2,1-2H3. The Bertz CT molecular complexity index is 719. The van der Waals surface area contributed by atoms with E-state index in [1.807, 2.05) is 11.4 Å². The molecule has 0 amide bonds. The summed E-state index contributed by atoms with van der Waals surface area (Å²) in [6, 6.07) is 1.88. The van der Waals surface area contributed by atoms with Crippen LogP contribution in [-0.4, -0.2) is 8.42 Å². The summed E-state index contributed by atoms with van der Waals surface area (Å²) in [5, 5.41) is 1.90. The van der Waals surface area contributed by atoms with Crippen molar-refractivity contribution in [1.82, 2.24) is 4.72 Å². The Morgan fingerprint density at radius 1 is 1.40 bits per heavy atom. The largest absolute Gasteiger partial charge is 0.465 e. The van der Waals surface area contributed by atoms with Gasteiger partial charge in [0.1, 0.15) is 16.4 Å². The van der Waals surface area contributed by atoms with Gasteiger partial charge in [-0.2, -0.15) is 0 Å². The van der Waals surface area contributed by atoms with E-state index in [0.29, 0.717) is 17.1 Å². The smallest absolute Gasteiger partial charge is 0.244 e. The van der Waals surface area contributed by atoms with Gasteiger partial charge in [0.15, 0.2) is 0 Å². The Morgan fingerprint density at radius 2 is 2.10 bits per heavy atom. The molecule has 0 aromatic carbocycles. The second-order valence-corrected chi connectivity index (χ2v) is 7.90.